The van der Waals surface area contributed by atoms with Crippen molar-refractivity contribution in [2.24, 2.45) is 0 Å². The number of carboxylic acid groups (broad SMARTS) is 1. The van der Waals surface area contributed by atoms with Crippen LogP contribution in [0, 0.1) is 0 Å². The van der Waals surface area contributed by atoms with Crippen molar-refractivity contribution in [1.82, 2.24) is 10.5 Å². The molecule has 1 aromatic carbocycles. The zero-order valence-corrected chi connectivity index (χ0v) is 13.6. The van der Waals surface area contributed by atoms with Crippen molar-refractivity contribution in [2.45, 2.75) is 32.2 Å². The van der Waals surface area contributed by atoms with E-state index in [0.717, 1.165) is 5.56 Å². The minimum absolute atomic E-state index is 0.0264. The maximum absolute atomic E-state index is 12.2. The second kappa shape index (κ2) is 6.83. The van der Waals surface area contributed by atoms with Gasteiger partial charge in [0.15, 0.2) is 11.5 Å². The van der Waals surface area contributed by atoms with Crippen LogP contribution in [-0.2, 0) is 4.79 Å². The number of nitrogens with zero attached hydrogens (tertiary/aromatic N) is 1. The standard InChI is InChI=1S/C16H17ClN2O4/c1-3-8-16(2,15(21)22)18-14(20)12-9-13(23-19-12)10-4-6-11(17)7-5-10/h4-7,9H,3,8H2,1-2H3,(H,18,20)(H,21,22). The molecule has 1 atom stereocenters. The Kier molecular flexibility index (Phi) is 5.05. The number of halogens is 1. The average Bonchev–Trinajstić information content (AvgIpc) is 2.98. The number of hydrogen-bond donors (Lipinski definition) is 2. The molecule has 0 aliphatic rings. The van der Waals surface area contributed by atoms with E-state index in [-0.39, 0.29) is 5.69 Å². The Morgan fingerprint density at radius 1 is 1.35 bits per heavy atom. The Hall–Kier alpha value is -2.34. The van der Waals surface area contributed by atoms with Crippen molar-refractivity contribution in [3.63, 3.8) is 0 Å². The van der Waals surface area contributed by atoms with Gasteiger partial charge in [-0.1, -0.05) is 30.1 Å². The molecular formula is C16H17ClN2O4. The van der Waals surface area contributed by atoms with E-state index >= 15 is 0 Å². The summed E-state index contributed by atoms with van der Waals surface area (Å²) in [5.41, 5.74) is -0.598. The highest BCUT2D eigenvalue weighted by Gasteiger charge is 2.34. The van der Waals surface area contributed by atoms with E-state index in [2.05, 4.69) is 10.5 Å². The predicted molar refractivity (Wildman–Crippen MR) is 85.4 cm³/mol. The fourth-order valence-corrected chi connectivity index (χ4v) is 2.30. The van der Waals surface area contributed by atoms with E-state index in [0.29, 0.717) is 23.6 Å². The van der Waals surface area contributed by atoms with Gasteiger partial charge in [-0.25, -0.2) is 4.79 Å². The molecule has 0 aliphatic carbocycles. The van der Waals surface area contributed by atoms with E-state index in [4.69, 9.17) is 16.1 Å². The van der Waals surface area contributed by atoms with Crippen molar-refractivity contribution >= 4 is 23.5 Å². The monoisotopic (exact) mass is 336 g/mol. The van der Waals surface area contributed by atoms with Gasteiger partial charge in [-0.2, -0.15) is 0 Å². The number of carbonyl (C=O) groups excluding carboxylic acids is 1. The van der Waals surface area contributed by atoms with Crippen molar-refractivity contribution in [3.8, 4) is 11.3 Å². The van der Waals surface area contributed by atoms with Crippen molar-refractivity contribution in [1.29, 1.82) is 0 Å². The third-order valence-corrected chi connectivity index (χ3v) is 3.73. The lowest BCUT2D eigenvalue weighted by molar-refractivity contribution is -0.144. The molecule has 2 rings (SSSR count). The molecule has 1 heterocycles. The lowest BCUT2D eigenvalue weighted by Crippen LogP contribution is -2.52. The minimum atomic E-state index is -1.34. The van der Waals surface area contributed by atoms with Crippen molar-refractivity contribution < 1.29 is 19.2 Å². The number of carboxylic acids is 1. The van der Waals surface area contributed by atoms with Crippen LogP contribution in [0.25, 0.3) is 11.3 Å². The fourth-order valence-electron chi connectivity index (χ4n) is 2.17. The molecule has 0 fully saturated rings. The SMILES string of the molecule is CCCC(C)(NC(=O)c1cc(-c2ccc(Cl)cc2)on1)C(=O)O. The van der Waals surface area contributed by atoms with Gasteiger partial charge in [0, 0.05) is 16.7 Å². The van der Waals surface area contributed by atoms with Gasteiger partial charge in [0.25, 0.3) is 5.91 Å². The zero-order chi connectivity index (χ0) is 17.0. The van der Waals surface area contributed by atoms with E-state index in [1.807, 2.05) is 6.92 Å². The van der Waals surface area contributed by atoms with Gasteiger partial charge in [-0.3, -0.25) is 4.79 Å². The second-order valence-corrected chi connectivity index (χ2v) is 5.86. The van der Waals surface area contributed by atoms with Crippen molar-refractivity contribution in [2.75, 3.05) is 0 Å². The van der Waals surface area contributed by atoms with Gasteiger partial charge in [-0.15, -0.1) is 0 Å². The fraction of sp³-hybridized carbons (Fsp3) is 0.312. The van der Waals surface area contributed by atoms with Gasteiger partial charge in [-0.05, 0) is 37.6 Å². The first-order valence-corrected chi connectivity index (χ1v) is 7.52. The summed E-state index contributed by atoms with van der Waals surface area (Å²) in [5, 5.41) is 16.1. The van der Waals surface area contributed by atoms with Crippen LogP contribution in [0.3, 0.4) is 0 Å². The molecule has 2 aromatic rings. The summed E-state index contributed by atoms with van der Waals surface area (Å²) in [6.07, 6.45) is 0.938. The van der Waals surface area contributed by atoms with Crippen LogP contribution in [0.1, 0.15) is 37.2 Å². The number of carbonyl (C=O) groups is 2. The van der Waals surface area contributed by atoms with Crippen molar-refractivity contribution in [3.05, 3.63) is 41.0 Å². The van der Waals surface area contributed by atoms with E-state index in [1.54, 1.807) is 24.3 Å². The van der Waals surface area contributed by atoms with Crippen LogP contribution in [-0.4, -0.2) is 27.7 Å². The van der Waals surface area contributed by atoms with Crippen LogP contribution >= 0.6 is 11.6 Å². The molecule has 1 unspecified atom stereocenters. The number of benzene rings is 1. The number of amides is 1. The number of aromatic nitrogens is 1. The summed E-state index contributed by atoms with van der Waals surface area (Å²) >= 11 is 5.82. The van der Waals surface area contributed by atoms with Crippen LogP contribution < -0.4 is 5.32 Å². The Bertz CT molecular complexity index is 711. The lowest BCUT2D eigenvalue weighted by Gasteiger charge is -2.25. The summed E-state index contributed by atoms with van der Waals surface area (Å²) in [5.74, 6) is -1.28. The molecule has 7 heteroatoms. The van der Waals surface area contributed by atoms with Gasteiger partial charge in [0.05, 0.1) is 0 Å². The Balaban J connectivity index is 2.18. The molecule has 1 amide bonds. The maximum Gasteiger partial charge on any atom is 0.329 e. The highest BCUT2D eigenvalue weighted by molar-refractivity contribution is 6.30. The normalized spacial score (nSPS) is 13.3. The molecule has 0 radical (unpaired) electrons. The van der Waals surface area contributed by atoms with E-state index < -0.39 is 17.4 Å². The molecular weight excluding hydrogens is 320 g/mol. The molecule has 0 bridgehead atoms. The predicted octanol–water partition coefficient (Wildman–Crippen LogP) is 3.37. The molecule has 6 nitrogen and oxygen atoms in total. The minimum Gasteiger partial charge on any atom is -0.480 e. The summed E-state index contributed by atoms with van der Waals surface area (Å²) in [6, 6.07) is 8.34. The Labute approximate surface area is 138 Å². The molecule has 2 N–H and O–H groups in total. The first-order chi connectivity index (χ1) is 10.9. The number of rotatable bonds is 6. The second-order valence-electron chi connectivity index (χ2n) is 5.42. The average molecular weight is 337 g/mol. The van der Waals surface area contributed by atoms with Gasteiger partial charge < -0.3 is 14.9 Å². The smallest absolute Gasteiger partial charge is 0.329 e. The highest BCUT2D eigenvalue weighted by Crippen LogP contribution is 2.23. The largest absolute Gasteiger partial charge is 0.480 e. The quantitative estimate of drug-likeness (QED) is 0.843. The molecule has 122 valence electrons. The van der Waals surface area contributed by atoms with Crippen LogP contribution in [0.5, 0.6) is 0 Å². The molecule has 23 heavy (non-hydrogen) atoms. The number of aliphatic carboxylic acids is 1. The molecule has 1 aromatic heterocycles. The summed E-state index contributed by atoms with van der Waals surface area (Å²) in [4.78, 5) is 23.6. The molecule has 0 aliphatic heterocycles. The van der Waals surface area contributed by atoms with Gasteiger partial charge in [0.2, 0.25) is 0 Å². The maximum atomic E-state index is 12.2. The molecule has 0 spiro atoms. The topological polar surface area (TPSA) is 92.4 Å². The summed E-state index contributed by atoms with van der Waals surface area (Å²) in [6.45, 7) is 3.32. The van der Waals surface area contributed by atoms with Crippen LogP contribution in [0.4, 0.5) is 0 Å². The first-order valence-electron chi connectivity index (χ1n) is 7.14. The van der Waals surface area contributed by atoms with Crippen LogP contribution in [0.15, 0.2) is 34.9 Å². The number of nitrogens with one attached hydrogen (secondary N) is 1. The van der Waals surface area contributed by atoms with E-state index in [1.165, 1.54) is 13.0 Å². The first kappa shape index (κ1) is 17.0. The van der Waals surface area contributed by atoms with E-state index in [9.17, 15) is 14.7 Å². The third-order valence-electron chi connectivity index (χ3n) is 3.48. The van der Waals surface area contributed by atoms with Gasteiger partial charge in [0.1, 0.15) is 5.54 Å². The summed E-state index contributed by atoms with van der Waals surface area (Å²) in [7, 11) is 0. The summed E-state index contributed by atoms with van der Waals surface area (Å²) < 4.78 is 5.15. The molecule has 0 saturated carbocycles. The lowest BCUT2D eigenvalue weighted by atomic mass is 9.96. The third kappa shape index (κ3) is 3.90. The Morgan fingerprint density at radius 3 is 2.57 bits per heavy atom. The molecule has 0 saturated heterocycles. The highest BCUT2D eigenvalue weighted by atomic mass is 35.5. The zero-order valence-electron chi connectivity index (χ0n) is 12.8. The van der Waals surface area contributed by atoms with Gasteiger partial charge >= 0.3 is 5.97 Å². The number of hydrogen-bond acceptors (Lipinski definition) is 4. The van der Waals surface area contributed by atoms with Crippen LogP contribution in [0.2, 0.25) is 5.02 Å². The Morgan fingerprint density at radius 2 is 2.00 bits per heavy atom.